The van der Waals surface area contributed by atoms with Crippen molar-refractivity contribution in [3.8, 4) is 22.5 Å². The molecule has 0 saturated heterocycles. The number of hydrogen-bond acceptors (Lipinski definition) is 4. The summed E-state index contributed by atoms with van der Waals surface area (Å²) < 4.78 is 5.47. The lowest BCUT2D eigenvalue weighted by molar-refractivity contribution is 0.0500. The van der Waals surface area contributed by atoms with Crippen LogP contribution in [0.5, 0.6) is 0 Å². The summed E-state index contributed by atoms with van der Waals surface area (Å²) in [6.07, 6.45) is 8.74. The van der Waals surface area contributed by atoms with Gasteiger partial charge in [0.05, 0.1) is 17.9 Å². The van der Waals surface area contributed by atoms with Crippen LogP contribution in [0, 0.1) is 6.92 Å². The second-order valence-corrected chi connectivity index (χ2v) is 5.84. The summed E-state index contributed by atoms with van der Waals surface area (Å²) in [5, 5.41) is 0. The number of carbonyl (C=O) groups excluding carboxylic acids is 1. The highest BCUT2D eigenvalue weighted by atomic mass is 16.5. The lowest BCUT2D eigenvalue weighted by atomic mass is 10.0. The highest BCUT2D eigenvalue weighted by Crippen LogP contribution is 2.33. The van der Waals surface area contributed by atoms with Crippen molar-refractivity contribution in [1.82, 2.24) is 15.0 Å². The van der Waals surface area contributed by atoms with Crippen LogP contribution >= 0.6 is 0 Å². The monoisotopic (exact) mass is 335 g/mol. The Hall–Kier alpha value is -2.95. The van der Waals surface area contributed by atoms with Gasteiger partial charge < -0.3 is 9.72 Å². The standard InChI is InChI=1S/C20H21N3O2/c1-3-4-13-25-20(24)17-14(2)18(15-5-9-21-10-6-15)23-19(17)16-7-11-22-12-8-16/h5-12,23H,3-4,13H2,1-2H3. The van der Waals surface area contributed by atoms with Gasteiger partial charge in [-0.05, 0) is 43.2 Å². The number of hydrogen-bond donors (Lipinski definition) is 1. The molecular weight excluding hydrogens is 314 g/mol. The number of esters is 1. The molecule has 5 heteroatoms. The third kappa shape index (κ3) is 3.60. The second kappa shape index (κ2) is 7.75. The Morgan fingerprint density at radius 2 is 1.56 bits per heavy atom. The van der Waals surface area contributed by atoms with E-state index in [1.807, 2.05) is 31.2 Å². The minimum Gasteiger partial charge on any atom is -0.462 e. The van der Waals surface area contributed by atoms with Crippen LogP contribution in [-0.2, 0) is 4.74 Å². The Bertz CT molecular complexity index is 842. The van der Waals surface area contributed by atoms with Crippen LogP contribution in [0.1, 0.15) is 35.7 Å². The van der Waals surface area contributed by atoms with Gasteiger partial charge in [0.2, 0.25) is 0 Å². The molecule has 0 fully saturated rings. The molecule has 0 atom stereocenters. The molecule has 3 aromatic rings. The topological polar surface area (TPSA) is 67.9 Å². The van der Waals surface area contributed by atoms with Gasteiger partial charge in [0.15, 0.2) is 0 Å². The van der Waals surface area contributed by atoms with Gasteiger partial charge in [-0.25, -0.2) is 4.79 Å². The number of pyridine rings is 2. The number of nitrogens with zero attached hydrogens (tertiary/aromatic N) is 2. The summed E-state index contributed by atoms with van der Waals surface area (Å²) in [6, 6.07) is 7.59. The summed E-state index contributed by atoms with van der Waals surface area (Å²) in [4.78, 5) is 24.2. The number of unbranched alkanes of at least 4 members (excludes halogenated alkanes) is 1. The van der Waals surface area contributed by atoms with E-state index in [1.54, 1.807) is 24.8 Å². The van der Waals surface area contributed by atoms with Crippen molar-refractivity contribution in [3.63, 3.8) is 0 Å². The maximum absolute atomic E-state index is 12.7. The Morgan fingerprint density at radius 1 is 1.00 bits per heavy atom. The van der Waals surface area contributed by atoms with E-state index >= 15 is 0 Å². The van der Waals surface area contributed by atoms with E-state index in [1.165, 1.54) is 0 Å². The van der Waals surface area contributed by atoms with Gasteiger partial charge >= 0.3 is 5.97 Å². The van der Waals surface area contributed by atoms with E-state index < -0.39 is 0 Å². The Labute approximate surface area is 147 Å². The van der Waals surface area contributed by atoms with Crippen molar-refractivity contribution in [3.05, 3.63) is 60.2 Å². The molecule has 0 amide bonds. The van der Waals surface area contributed by atoms with Gasteiger partial charge in [0.25, 0.3) is 0 Å². The first-order chi connectivity index (χ1) is 12.2. The zero-order valence-electron chi connectivity index (χ0n) is 14.5. The van der Waals surface area contributed by atoms with Crippen molar-refractivity contribution in [1.29, 1.82) is 0 Å². The van der Waals surface area contributed by atoms with Crippen molar-refractivity contribution in [2.24, 2.45) is 0 Å². The second-order valence-electron chi connectivity index (χ2n) is 5.84. The van der Waals surface area contributed by atoms with Crippen LogP contribution in [-0.4, -0.2) is 27.5 Å². The van der Waals surface area contributed by atoms with Gasteiger partial charge in [-0.3, -0.25) is 9.97 Å². The van der Waals surface area contributed by atoms with Crippen LogP contribution < -0.4 is 0 Å². The molecule has 0 aliphatic rings. The fourth-order valence-electron chi connectivity index (χ4n) is 2.77. The van der Waals surface area contributed by atoms with Crippen LogP contribution in [0.4, 0.5) is 0 Å². The Kier molecular flexibility index (Phi) is 5.23. The molecule has 0 aliphatic heterocycles. The summed E-state index contributed by atoms with van der Waals surface area (Å²) >= 11 is 0. The van der Waals surface area contributed by atoms with E-state index in [4.69, 9.17) is 4.74 Å². The van der Waals surface area contributed by atoms with E-state index in [-0.39, 0.29) is 5.97 Å². The normalized spacial score (nSPS) is 10.6. The predicted molar refractivity (Wildman–Crippen MR) is 97.2 cm³/mol. The van der Waals surface area contributed by atoms with Crippen molar-refractivity contribution in [2.75, 3.05) is 6.61 Å². The summed E-state index contributed by atoms with van der Waals surface area (Å²) in [7, 11) is 0. The third-order valence-corrected chi connectivity index (χ3v) is 4.12. The first kappa shape index (κ1) is 16.9. The fourth-order valence-corrected chi connectivity index (χ4v) is 2.77. The fraction of sp³-hybridized carbons (Fsp3) is 0.250. The average Bonchev–Trinajstić information content (AvgIpc) is 3.00. The molecule has 3 heterocycles. The first-order valence-electron chi connectivity index (χ1n) is 8.42. The molecule has 1 N–H and O–H groups in total. The maximum atomic E-state index is 12.7. The molecule has 5 nitrogen and oxygen atoms in total. The molecule has 25 heavy (non-hydrogen) atoms. The van der Waals surface area contributed by atoms with Crippen molar-refractivity contribution < 1.29 is 9.53 Å². The lowest BCUT2D eigenvalue weighted by Gasteiger charge is -2.06. The van der Waals surface area contributed by atoms with E-state index in [2.05, 4.69) is 21.9 Å². The third-order valence-electron chi connectivity index (χ3n) is 4.12. The zero-order chi connectivity index (χ0) is 17.6. The lowest BCUT2D eigenvalue weighted by Crippen LogP contribution is -2.08. The predicted octanol–water partition coefficient (Wildman–Crippen LogP) is 4.40. The average molecular weight is 335 g/mol. The zero-order valence-corrected chi connectivity index (χ0v) is 14.5. The molecule has 0 radical (unpaired) electrons. The summed E-state index contributed by atoms with van der Waals surface area (Å²) in [5.41, 5.74) is 5.00. The van der Waals surface area contributed by atoms with Crippen LogP contribution in [0.25, 0.3) is 22.5 Å². The Morgan fingerprint density at radius 3 is 2.12 bits per heavy atom. The van der Waals surface area contributed by atoms with E-state index in [0.717, 1.165) is 40.9 Å². The van der Waals surface area contributed by atoms with Crippen LogP contribution in [0.2, 0.25) is 0 Å². The highest BCUT2D eigenvalue weighted by molar-refractivity contribution is 6.00. The number of H-pyrrole nitrogens is 1. The summed E-state index contributed by atoms with van der Waals surface area (Å²) in [5.74, 6) is -0.297. The van der Waals surface area contributed by atoms with E-state index in [0.29, 0.717) is 12.2 Å². The summed E-state index contributed by atoms with van der Waals surface area (Å²) in [6.45, 7) is 4.44. The number of nitrogens with one attached hydrogen (secondary N) is 1. The minimum absolute atomic E-state index is 0.297. The molecule has 3 rings (SSSR count). The number of carbonyl (C=O) groups is 1. The highest BCUT2D eigenvalue weighted by Gasteiger charge is 2.23. The molecule has 128 valence electrons. The number of aromatic nitrogens is 3. The van der Waals surface area contributed by atoms with Crippen molar-refractivity contribution >= 4 is 5.97 Å². The SMILES string of the molecule is CCCCOC(=O)c1c(-c2ccncc2)[nH]c(-c2ccncc2)c1C. The smallest absolute Gasteiger partial charge is 0.340 e. The number of rotatable bonds is 6. The van der Waals surface area contributed by atoms with Gasteiger partial charge in [0.1, 0.15) is 0 Å². The van der Waals surface area contributed by atoms with Crippen LogP contribution in [0.3, 0.4) is 0 Å². The quantitative estimate of drug-likeness (QED) is 0.535. The van der Waals surface area contributed by atoms with E-state index in [9.17, 15) is 4.79 Å². The molecule has 0 bridgehead atoms. The number of ether oxygens (including phenoxy) is 1. The Balaban J connectivity index is 2.08. The largest absolute Gasteiger partial charge is 0.462 e. The molecule has 0 unspecified atom stereocenters. The molecule has 0 aromatic carbocycles. The molecule has 3 aromatic heterocycles. The molecule has 0 spiro atoms. The van der Waals surface area contributed by atoms with Crippen LogP contribution in [0.15, 0.2) is 49.1 Å². The van der Waals surface area contributed by atoms with Gasteiger partial charge in [-0.15, -0.1) is 0 Å². The van der Waals surface area contributed by atoms with Gasteiger partial charge in [-0.2, -0.15) is 0 Å². The molecule has 0 saturated carbocycles. The molecule has 0 aliphatic carbocycles. The number of aromatic amines is 1. The van der Waals surface area contributed by atoms with Crippen molar-refractivity contribution in [2.45, 2.75) is 26.7 Å². The minimum atomic E-state index is -0.297. The molecular formula is C20H21N3O2. The first-order valence-corrected chi connectivity index (χ1v) is 8.42. The van der Waals surface area contributed by atoms with Gasteiger partial charge in [0, 0.05) is 41.6 Å². The maximum Gasteiger partial charge on any atom is 0.340 e. The van der Waals surface area contributed by atoms with Gasteiger partial charge in [-0.1, -0.05) is 13.3 Å².